The van der Waals surface area contributed by atoms with E-state index in [1.54, 1.807) is 24.5 Å². The Labute approximate surface area is 127 Å². The first kappa shape index (κ1) is 13.9. The fraction of sp³-hybridized carbons (Fsp3) is 0.286. The van der Waals surface area contributed by atoms with Crippen LogP contribution < -0.4 is 15.5 Å². The molecule has 1 fully saturated rings. The number of hydrogen-bond acceptors (Lipinski definition) is 5. The summed E-state index contributed by atoms with van der Waals surface area (Å²) in [6.07, 6.45) is 3.46. The fourth-order valence-electron chi connectivity index (χ4n) is 2.43. The van der Waals surface area contributed by atoms with Crippen molar-refractivity contribution in [3.63, 3.8) is 0 Å². The molecule has 1 aliphatic rings. The standard InChI is InChI=1S/C14H15ClFN5/c15-10-8-13(12(17)9-11(10)16)20-4-6-21(7-5-20)14-18-2-1-3-19-14/h1-3,8-9H,4-7,17H2. The lowest BCUT2D eigenvalue weighted by atomic mass is 10.2. The average Bonchev–Trinajstić information content (AvgIpc) is 2.52. The molecule has 0 unspecified atom stereocenters. The maximum Gasteiger partial charge on any atom is 0.225 e. The van der Waals surface area contributed by atoms with Crippen LogP contribution >= 0.6 is 11.6 Å². The SMILES string of the molecule is Nc1cc(F)c(Cl)cc1N1CCN(c2ncccn2)CC1. The lowest BCUT2D eigenvalue weighted by Crippen LogP contribution is -2.47. The normalized spacial score (nSPS) is 15.3. The van der Waals surface area contributed by atoms with Crippen LogP contribution in [0.1, 0.15) is 0 Å². The summed E-state index contributed by atoms with van der Waals surface area (Å²) in [4.78, 5) is 12.7. The molecule has 5 nitrogen and oxygen atoms in total. The van der Waals surface area contributed by atoms with Gasteiger partial charge in [0.05, 0.1) is 16.4 Å². The highest BCUT2D eigenvalue weighted by molar-refractivity contribution is 6.31. The van der Waals surface area contributed by atoms with Crippen molar-refractivity contribution in [2.24, 2.45) is 0 Å². The van der Waals surface area contributed by atoms with E-state index in [0.29, 0.717) is 5.69 Å². The van der Waals surface area contributed by atoms with Gasteiger partial charge in [0, 0.05) is 44.6 Å². The smallest absolute Gasteiger partial charge is 0.225 e. The number of nitrogen functional groups attached to an aromatic ring is 1. The summed E-state index contributed by atoms with van der Waals surface area (Å²) in [5, 5.41) is 0.0908. The van der Waals surface area contributed by atoms with Crippen molar-refractivity contribution in [1.82, 2.24) is 9.97 Å². The van der Waals surface area contributed by atoms with Crippen molar-refractivity contribution < 1.29 is 4.39 Å². The predicted molar refractivity (Wildman–Crippen MR) is 82.3 cm³/mol. The fourth-order valence-corrected chi connectivity index (χ4v) is 2.59. The highest BCUT2D eigenvalue weighted by Gasteiger charge is 2.21. The van der Waals surface area contributed by atoms with E-state index in [1.807, 2.05) is 0 Å². The van der Waals surface area contributed by atoms with E-state index in [9.17, 15) is 4.39 Å². The monoisotopic (exact) mass is 307 g/mol. The maximum atomic E-state index is 13.4. The molecule has 110 valence electrons. The Morgan fingerprint density at radius 2 is 1.67 bits per heavy atom. The number of nitrogens with two attached hydrogens (primary N) is 1. The Bertz CT molecular complexity index is 629. The molecule has 1 aromatic carbocycles. The molecule has 0 spiro atoms. The average molecular weight is 308 g/mol. The molecule has 0 radical (unpaired) electrons. The van der Waals surface area contributed by atoms with Crippen molar-refractivity contribution in [1.29, 1.82) is 0 Å². The van der Waals surface area contributed by atoms with Crippen molar-refractivity contribution in [2.75, 3.05) is 41.7 Å². The van der Waals surface area contributed by atoms with Gasteiger partial charge in [-0.15, -0.1) is 0 Å². The van der Waals surface area contributed by atoms with Crippen molar-refractivity contribution >= 4 is 28.9 Å². The molecule has 0 aliphatic carbocycles. The topological polar surface area (TPSA) is 58.3 Å². The number of anilines is 3. The third-order valence-electron chi connectivity index (χ3n) is 3.52. The summed E-state index contributed by atoms with van der Waals surface area (Å²) in [5.41, 5.74) is 7.07. The van der Waals surface area contributed by atoms with Gasteiger partial charge in [0.2, 0.25) is 5.95 Å². The summed E-state index contributed by atoms with van der Waals surface area (Å²) >= 11 is 5.84. The molecule has 1 aromatic heterocycles. The van der Waals surface area contributed by atoms with Gasteiger partial charge in [0.25, 0.3) is 0 Å². The number of benzene rings is 1. The third-order valence-corrected chi connectivity index (χ3v) is 3.81. The lowest BCUT2D eigenvalue weighted by molar-refractivity contribution is 0.624. The molecule has 1 aliphatic heterocycles. The molecule has 7 heteroatoms. The van der Waals surface area contributed by atoms with Crippen LogP contribution in [0.4, 0.5) is 21.7 Å². The highest BCUT2D eigenvalue weighted by Crippen LogP contribution is 2.30. The largest absolute Gasteiger partial charge is 0.397 e. The van der Waals surface area contributed by atoms with E-state index in [2.05, 4.69) is 19.8 Å². The van der Waals surface area contributed by atoms with Gasteiger partial charge in [0.15, 0.2) is 0 Å². The zero-order chi connectivity index (χ0) is 14.8. The second-order valence-corrected chi connectivity index (χ2v) is 5.26. The summed E-state index contributed by atoms with van der Waals surface area (Å²) in [5.74, 6) is 0.233. The van der Waals surface area contributed by atoms with E-state index in [-0.39, 0.29) is 5.02 Å². The van der Waals surface area contributed by atoms with Gasteiger partial charge < -0.3 is 15.5 Å². The van der Waals surface area contributed by atoms with Crippen LogP contribution in [-0.4, -0.2) is 36.1 Å². The van der Waals surface area contributed by atoms with Gasteiger partial charge in [-0.1, -0.05) is 11.6 Å². The molecule has 0 bridgehead atoms. The van der Waals surface area contributed by atoms with E-state index < -0.39 is 5.82 Å². The Balaban J connectivity index is 1.73. The molecule has 2 N–H and O–H groups in total. The van der Waals surface area contributed by atoms with Crippen LogP contribution in [0.15, 0.2) is 30.6 Å². The highest BCUT2D eigenvalue weighted by atomic mass is 35.5. The number of aromatic nitrogens is 2. The first-order chi connectivity index (χ1) is 10.1. The van der Waals surface area contributed by atoms with Crippen LogP contribution in [0.2, 0.25) is 5.02 Å². The minimum absolute atomic E-state index is 0.0908. The summed E-state index contributed by atoms with van der Waals surface area (Å²) in [7, 11) is 0. The van der Waals surface area contributed by atoms with Crippen molar-refractivity contribution in [3.05, 3.63) is 41.4 Å². The molecule has 0 atom stereocenters. The van der Waals surface area contributed by atoms with E-state index in [0.717, 1.165) is 37.8 Å². The van der Waals surface area contributed by atoms with Gasteiger partial charge in [-0.05, 0) is 12.1 Å². The zero-order valence-electron chi connectivity index (χ0n) is 11.3. The van der Waals surface area contributed by atoms with Crippen LogP contribution in [0.25, 0.3) is 0 Å². The van der Waals surface area contributed by atoms with Crippen LogP contribution in [0.3, 0.4) is 0 Å². The van der Waals surface area contributed by atoms with Gasteiger partial charge in [-0.25, -0.2) is 14.4 Å². The Morgan fingerprint density at radius 1 is 1.05 bits per heavy atom. The Morgan fingerprint density at radius 3 is 2.33 bits per heavy atom. The first-order valence-electron chi connectivity index (χ1n) is 6.66. The van der Waals surface area contributed by atoms with Crippen molar-refractivity contribution in [3.8, 4) is 0 Å². The molecule has 21 heavy (non-hydrogen) atoms. The van der Waals surface area contributed by atoms with Gasteiger partial charge in [-0.2, -0.15) is 0 Å². The second kappa shape index (κ2) is 5.73. The molecular formula is C14H15ClFN5. The minimum atomic E-state index is -0.491. The van der Waals surface area contributed by atoms with Crippen LogP contribution in [-0.2, 0) is 0 Å². The number of rotatable bonds is 2. The second-order valence-electron chi connectivity index (χ2n) is 4.85. The number of nitrogens with zero attached hydrogens (tertiary/aromatic N) is 4. The van der Waals surface area contributed by atoms with E-state index >= 15 is 0 Å². The predicted octanol–water partition coefficient (Wildman–Crippen LogP) is 2.18. The summed E-state index contributed by atoms with van der Waals surface area (Å²) < 4.78 is 13.4. The maximum absolute atomic E-state index is 13.4. The molecule has 2 heterocycles. The molecule has 0 amide bonds. The van der Waals surface area contributed by atoms with Gasteiger partial charge >= 0.3 is 0 Å². The van der Waals surface area contributed by atoms with Crippen molar-refractivity contribution in [2.45, 2.75) is 0 Å². The summed E-state index contributed by atoms with van der Waals surface area (Å²) in [6, 6.07) is 4.65. The molecule has 0 saturated carbocycles. The quantitative estimate of drug-likeness (QED) is 0.862. The molecule has 3 rings (SSSR count). The Hall–Kier alpha value is -2.08. The van der Waals surface area contributed by atoms with Gasteiger partial charge in [0.1, 0.15) is 5.82 Å². The van der Waals surface area contributed by atoms with Crippen LogP contribution in [0, 0.1) is 5.82 Å². The summed E-state index contributed by atoms with van der Waals surface area (Å²) in [6.45, 7) is 3.06. The number of halogens is 2. The zero-order valence-corrected chi connectivity index (χ0v) is 12.1. The molecule has 1 saturated heterocycles. The number of piperazine rings is 1. The molecular weight excluding hydrogens is 293 g/mol. The lowest BCUT2D eigenvalue weighted by Gasteiger charge is -2.36. The first-order valence-corrected chi connectivity index (χ1v) is 7.04. The van der Waals surface area contributed by atoms with Crippen LogP contribution in [0.5, 0.6) is 0 Å². The van der Waals surface area contributed by atoms with Gasteiger partial charge in [-0.3, -0.25) is 0 Å². The minimum Gasteiger partial charge on any atom is -0.397 e. The molecule has 2 aromatic rings. The third kappa shape index (κ3) is 2.85. The van der Waals surface area contributed by atoms with E-state index in [4.69, 9.17) is 17.3 Å². The number of hydrogen-bond donors (Lipinski definition) is 1. The van der Waals surface area contributed by atoms with E-state index in [1.165, 1.54) is 6.07 Å². The Kier molecular flexibility index (Phi) is 3.79.